The van der Waals surface area contributed by atoms with Gasteiger partial charge < -0.3 is 18.9 Å². The molecule has 2 amide bonds. The highest BCUT2D eigenvalue weighted by Gasteiger charge is 2.47. The van der Waals surface area contributed by atoms with E-state index in [-0.39, 0.29) is 92.3 Å². The van der Waals surface area contributed by atoms with E-state index in [1.807, 2.05) is 114 Å². The van der Waals surface area contributed by atoms with E-state index in [1.165, 1.54) is 40.9 Å². The van der Waals surface area contributed by atoms with E-state index in [2.05, 4.69) is 99.2 Å². The van der Waals surface area contributed by atoms with E-state index in [0.717, 1.165) is 251 Å². The maximum Gasteiger partial charge on any atom is 0.261 e. The van der Waals surface area contributed by atoms with Gasteiger partial charge in [-0.15, -0.1) is 45.3 Å². The second-order valence-electron chi connectivity index (χ2n) is 39.9. The van der Waals surface area contributed by atoms with E-state index in [0.29, 0.717) is 153 Å². The first-order valence-corrected chi connectivity index (χ1v) is 54.9. The molecule has 2 unspecified atom stereocenters. The van der Waals surface area contributed by atoms with Gasteiger partial charge in [0.25, 0.3) is 56.3 Å². The van der Waals surface area contributed by atoms with Crippen LogP contribution >= 0.6 is 45.3 Å². The Labute approximate surface area is 815 Å². The summed E-state index contributed by atoms with van der Waals surface area (Å²) in [6, 6.07) is 31.6. The summed E-state index contributed by atoms with van der Waals surface area (Å²) >= 11 is 6.25. The Morgan fingerprint density at radius 1 is 0.246 bits per heavy atom. The average Bonchev–Trinajstić information content (AvgIpc) is 1.49. The zero-order valence-corrected chi connectivity index (χ0v) is 85.1. The SMILES string of the molecule is CCCCCCn1c2cc3c(=O)n(C(CC)CC)c(=O)c4ccc5c6c(-c7ccc(-c8cc9c(s8)/C(=C8\C(=O)N(CC(CC)CCCC)c%10cc(-c%11ccc(-c%12cc%13c(=O)n(C(CC)CC)c(=O)c%14cc%15c%16c(c%12c%12ccc%17c(=O)n(C(CC)CC)c(=O)c%18cc(c%16c%12c%17%18)n%15CCCCCC)c%13%14)s%11)sc%108)C(=O)N9CC(CC)CCCC)s7)cc7c(=O)n(C(CC)CC)c(=O)c8cc1c(c6c78)c2c5c43. The summed E-state index contributed by atoms with van der Waals surface area (Å²) < 4.78 is 10.6. The fraction of sp³-hybridized carbons (Fsp3) is 0.414. The zero-order valence-electron chi connectivity index (χ0n) is 81.8. The van der Waals surface area contributed by atoms with Crippen molar-refractivity contribution in [3.63, 3.8) is 0 Å². The monoisotopic (exact) mass is 1910 g/mol. The molecule has 0 saturated carbocycles. The Morgan fingerprint density at radius 2 is 0.536 bits per heavy atom. The Morgan fingerprint density at radius 3 is 0.848 bits per heavy atom. The number of nitrogens with zero attached hydrogens (tertiary/aromatic N) is 8. The molecular weight excluding hydrogens is 1790 g/mol. The third-order valence-electron chi connectivity index (χ3n) is 32.6. The van der Waals surface area contributed by atoms with Gasteiger partial charge in [0.15, 0.2) is 0 Å². The van der Waals surface area contributed by atoms with E-state index in [9.17, 15) is 0 Å². The molecule has 0 fully saturated rings. The number of thiophene rings is 4. The molecule has 2 aliphatic rings. The van der Waals surface area contributed by atoms with Gasteiger partial charge in [-0.2, -0.15) is 0 Å². The molecule has 20 aromatic rings. The van der Waals surface area contributed by atoms with Crippen molar-refractivity contribution in [1.82, 2.24) is 27.4 Å². The van der Waals surface area contributed by atoms with Crippen molar-refractivity contribution in [2.45, 2.75) is 288 Å². The van der Waals surface area contributed by atoms with Gasteiger partial charge in [-0.1, -0.05) is 186 Å². The van der Waals surface area contributed by atoms with Gasteiger partial charge in [-0.25, -0.2) is 0 Å². The van der Waals surface area contributed by atoms with Crippen LogP contribution in [0.15, 0.2) is 135 Å². The summed E-state index contributed by atoms with van der Waals surface area (Å²) in [5.74, 6) is -0.0819. The summed E-state index contributed by atoms with van der Waals surface area (Å²) in [6.07, 6.45) is 20.1. The van der Waals surface area contributed by atoms with Gasteiger partial charge in [-0.3, -0.25) is 66.2 Å². The minimum atomic E-state index is -0.365. The second kappa shape index (κ2) is 35.3. The molecule has 0 bridgehead atoms. The van der Waals surface area contributed by atoms with Crippen LogP contribution in [-0.2, 0) is 22.7 Å². The molecular formula is C116H120N8O10S4. The standard InChI is InChI=1S/C116H120N8O10S4/c1-15-29-33-35-47-117-77-51-73-91-67(107(125)121(111(73)129)61(21-7)22-8)41-39-65-89-69(49-71-93-75(113(131)123(109(71)127)63(25-11)26-12)53-79(117)99(101(89)93)97(77)95(65)91)83-43-45-85(135-83)87-55-81-105(137-87)103(115(133)119(81)57-59(19-5)37-31-17-3)104-106-82(120(116(104)134)58-60(20-6)38-32-18-4)56-88(138-106)86-46-44-84(136-86)70-50-72-94-76(114(132)124(110(72)128)64(27-13)28-14)54-80-100-98-78(118(80)48-36-34-30-16-2)52-74-92-68(42-40-66(96(92)98)90(70)102(94)100)108(126)122(112(74)130)62(23-9)24-10/h39-46,49-56,59-64H,15-38,47-48,57-58H2,1-14H3/b104-103+. The van der Waals surface area contributed by atoms with E-state index in [1.54, 1.807) is 22.7 Å². The Hall–Kier alpha value is -11.6. The molecule has 0 saturated heterocycles. The number of aryl methyl sites for hydroxylation is 2. The predicted octanol–water partition coefficient (Wildman–Crippen LogP) is 28.6. The lowest BCUT2D eigenvalue weighted by molar-refractivity contribution is -0.114. The summed E-state index contributed by atoms with van der Waals surface area (Å²) in [4.78, 5) is 169. The van der Waals surface area contributed by atoms with Crippen molar-refractivity contribution < 1.29 is 9.59 Å². The molecule has 18 nitrogen and oxygen atoms in total. The minimum Gasteiger partial charge on any atom is -0.340 e. The molecule has 2 aliphatic heterocycles. The molecule has 22 rings (SSSR count). The number of rotatable bonds is 38. The Balaban J connectivity index is 0.749. The van der Waals surface area contributed by atoms with Crippen molar-refractivity contribution in [2.75, 3.05) is 22.9 Å². The van der Waals surface area contributed by atoms with Crippen LogP contribution in [0.4, 0.5) is 11.4 Å². The lowest BCUT2D eigenvalue weighted by Gasteiger charge is -2.24. The first kappa shape index (κ1) is 91.5. The summed E-state index contributed by atoms with van der Waals surface area (Å²) in [6.45, 7) is 31.6. The van der Waals surface area contributed by atoms with Gasteiger partial charge in [-0.05, 0) is 195 Å². The largest absolute Gasteiger partial charge is 0.340 e. The molecule has 708 valence electrons. The number of pyridine rings is 4. The van der Waals surface area contributed by atoms with Crippen molar-refractivity contribution in [1.29, 1.82) is 0 Å². The smallest absolute Gasteiger partial charge is 0.261 e. The van der Waals surface area contributed by atoms with Crippen molar-refractivity contribution >= 4 is 231 Å². The normalized spacial score (nSPS) is 14.7. The molecule has 0 radical (unpaired) electrons. The molecule has 0 spiro atoms. The molecule has 10 aromatic heterocycles. The zero-order chi connectivity index (χ0) is 96.0. The van der Waals surface area contributed by atoms with Crippen molar-refractivity contribution in [2.24, 2.45) is 11.8 Å². The van der Waals surface area contributed by atoms with Crippen LogP contribution in [0.1, 0.15) is 285 Å². The molecule has 0 aliphatic carbocycles. The highest BCUT2D eigenvalue weighted by atomic mass is 32.1. The van der Waals surface area contributed by atoms with Crippen LogP contribution in [0.25, 0.3) is 203 Å². The topological polar surface area (TPSA) is 207 Å². The second-order valence-corrected chi connectivity index (χ2v) is 44.2. The Kier molecular flexibility index (Phi) is 23.4. The number of hydrogen-bond acceptors (Lipinski definition) is 14. The van der Waals surface area contributed by atoms with E-state index in [4.69, 9.17) is 0 Å². The first-order valence-electron chi connectivity index (χ1n) is 51.7. The fourth-order valence-corrected chi connectivity index (χ4v) is 29.9. The summed E-state index contributed by atoms with van der Waals surface area (Å²) in [5.41, 5.74) is 4.79. The lowest BCUT2D eigenvalue weighted by Crippen LogP contribution is -2.36. The number of benzene rings is 10. The Bertz CT molecular complexity index is 8360. The number of fused-ring (bicyclic) bond motifs is 4. The van der Waals surface area contributed by atoms with E-state index < -0.39 is 0 Å². The van der Waals surface area contributed by atoms with Gasteiger partial charge in [0, 0.05) is 177 Å². The van der Waals surface area contributed by atoms with E-state index >= 15 is 47.9 Å². The molecule has 2 atom stereocenters. The van der Waals surface area contributed by atoms with Crippen molar-refractivity contribution in [3.8, 4) is 40.4 Å². The minimum absolute atomic E-state index is 0.156. The van der Waals surface area contributed by atoms with Crippen LogP contribution < -0.4 is 54.3 Å². The maximum atomic E-state index is 16.5. The van der Waals surface area contributed by atoms with Gasteiger partial charge in [0.05, 0.1) is 75.9 Å². The number of carbonyl (C=O) groups excluding carboxylic acids is 2. The molecule has 10 aromatic carbocycles. The lowest BCUT2D eigenvalue weighted by atomic mass is 9.84. The molecule has 0 N–H and O–H groups in total. The highest BCUT2D eigenvalue weighted by Crippen LogP contribution is 2.60. The number of hydrogen-bond donors (Lipinski definition) is 0. The average molecular weight is 1910 g/mol. The van der Waals surface area contributed by atoms with Crippen LogP contribution in [0.2, 0.25) is 0 Å². The van der Waals surface area contributed by atoms with Crippen LogP contribution in [0, 0.1) is 11.8 Å². The third-order valence-corrected chi connectivity index (χ3v) is 37.5. The number of carbonyl (C=O) groups is 2. The van der Waals surface area contributed by atoms with Crippen molar-refractivity contribution in [3.05, 3.63) is 190 Å². The third kappa shape index (κ3) is 13.1. The number of amides is 2. The van der Waals surface area contributed by atoms with Gasteiger partial charge in [0.2, 0.25) is 0 Å². The number of aromatic nitrogens is 6. The molecule has 138 heavy (non-hydrogen) atoms. The highest BCUT2D eigenvalue weighted by molar-refractivity contribution is 7.26. The number of unbranched alkanes of at least 4 members (excludes halogenated alkanes) is 8. The fourth-order valence-electron chi connectivity index (χ4n) is 25.3. The number of anilines is 2. The molecule has 22 heteroatoms. The van der Waals surface area contributed by atoms with Crippen LogP contribution in [-0.4, -0.2) is 52.3 Å². The quantitative estimate of drug-likeness (QED) is 0.0155. The van der Waals surface area contributed by atoms with Gasteiger partial charge in [0.1, 0.15) is 0 Å². The predicted molar refractivity (Wildman–Crippen MR) is 584 cm³/mol. The summed E-state index contributed by atoms with van der Waals surface area (Å²) in [7, 11) is 0. The molecule has 12 heterocycles. The maximum absolute atomic E-state index is 16.5. The summed E-state index contributed by atoms with van der Waals surface area (Å²) in [5, 5.41) is 16.5. The van der Waals surface area contributed by atoms with Gasteiger partial charge >= 0.3 is 0 Å². The first-order chi connectivity index (χ1) is 67.1. The van der Waals surface area contributed by atoms with Crippen LogP contribution in [0.3, 0.4) is 0 Å². The van der Waals surface area contributed by atoms with Crippen LogP contribution in [0.5, 0.6) is 0 Å².